The van der Waals surface area contributed by atoms with Crippen LogP contribution in [0.4, 0.5) is 10.2 Å². The standard InChI is InChI=1S/C29H42FN5O3Si2/c1-21(36)27-16-28(34(19-37-10-12-39(2,3)4)20-38-11-13-40(5,6)7)35-29(33-27)25(18-32-35)23-14-22-15-24(30)8-9-26(22)31-17-23/h8-9,14-18,21,36H,10-13,19-20H2,1-7H3. The summed E-state index contributed by atoms with van der Waals surface area (Å²) in [6.45, 7) is 17.7. The van der Waals surface area contributed by atoms with E-state index in [2.05, 4.69) is 49.4 Å². The highest BCUT2D eigenvalue weighted by Gasteiger charge is 2.21. The number of benzene rings is 1. The van der Waals surface area contributed by atoms with Crippen LogP contribution in [0, 0.1) is 5.82 Å². The molecule has 4 rings (SSSR count). The monoisotopic (exact) mass is 583 g/mol. The van der Waals surface area contributed by atoms with Gasteiger partial charge in [0.25, 0.3) is 0 Å². The van der Waals surface area contributed by atoms with E-state index < -0.39 is 22.3 Å². The van der Waals surface area contributed by atoms with Crippen LogP contribution in [-0.2, 0) is 9.47 Å². The van der Waals surface area contributed by atoms with Gasteiger partial charge in [-0.2, -0.15) is 9.61 Å². The Labute approximate surface area is 238 Å². The summed E-state index contributed by atoms with van der Waals surface area (Å²) in [5.41, 5.74) is 3.29. The van der Waals surface area contributed by atoms with Gasteiger partial charge in [0.05, 0.1) is 23.5 Å². The SMILES string of the molecule is CC(O)c1cc(N(COCC[Si](C)(C)C)COCC[Si](C)(C)C)n2ncc(-c3cnc4ccc(F)cc4c3)c2n1. The molecule has 0 saturated heterocycles. The van der Waals surface area contributed by atoms with E-state index in [4.69, 9.17) is 14.5 Å². The Morgan fingerprint density at radius 3 is 2.20 bits per heavy atom. The van der Waals surface area contributed by atoms with Crippen molar-refractivity contribution >= 4 is 38.5 Å². The average Bonchev–Trinajstić information content (AvgIpc) is 3.29. The van der Waals surface area contributed by atoms with E-state index in [9.17, 15) is 9.50 Å². The highest BCUT2D eigenvalue weighted by molar-refractivity contribution is 6.76. The Morgan fingerprint density at radius 2 is 1.60 bits per heavy atom. The van der Waals surface area contributed by atoms with Crippen LogP contribution in [0.3, 0.4) is 0 Å². The summed E-state index contributed by atoms with van der Waals surface area (Å²) in [4.78, 5) is 11.3. The Balaban J connectivity index is 1.71. The van der Waals surface area contributed by atoms with Crippen LogP contribution in [0.15, 0.2) is 42.7 Å². The fourth-order valence-corrected chi connectivity index (χ4v) is 5.65. The van der Waals surface area contributed by atoms with Crippen molar-refractivity contribution in [1.29, 1.82) is 0 Å². The second-order valence-corrected chi connectivity index (χ2v) is 24.0. The Morgan fingerprint density at radius 1 is 0.950 bits per heavy atom. The highest BCUT2D eigenvalue weighted by Crippen LogP contribution is 2.30. The maximum absolute atomic E-state index is 13.9. The molecule has 216 valence electrons. The summed E-state index contributed by atoms with van der Waals surface area (Å²) in [7, 11) is -2.49. The first kappa shape index (κ1) is 30.3. The molecule has 1 N–H and O–H groups in total. The van der Waals surface area contributed by atoms with Crippen molar-refractivity contribution in [3.05, 3.63) is 54.2 Å². The number of rotatable bonds is 13. The molecule has 40 heavy (non-hydrogen) atoms. The summed E-state index contributed by atoms with van der Waals surface area (Å²) < 4.78 is 28.0. The van der Waals surface area contributed by atoms with Gasteiger partial charge in [0.15, 0.2) is 5.65 Å². The smallest absolute Gasteiger partial charge is 0.165 e. The summed E-state index contributed by atoms with van der Waals surface area (Å²) in [6, 6.07) is 10.4. The Kier molecular flexibility index (Phi) is 9.41. The first-order chi connectivity index (χ1) is 18.8. The number of nitrogens with zero attached hydrogens (tertiary/aromatic N) is 5. The molecule has 1 unspecified atom stereocenters. The lowest BCUT2D eigenvalue weighted by atomic mass is 10.1. The van der Waals surface area contributed by atoms with Crippen LogP contribution in [0.5, 0.6) is 0 Å². The molecule has 1 aromatic carbocycles. The molecular weight excluding hydrogens is 542 g/mol. The minimum absolute atomic E-state index is 0.318. The van der Waals surface area contributed by atoms with E-state index in [-0.39, 0.29) is 5.82 Å². The first-order valence-corrected chi connectivity index (χ1v) is 21.2. The van der Waals surface area contributed by atoms with E-state index in [1.807, 2.05) is 17.0 Å². The van der Waals surface area contributed by atoms with Crippen molar-refractivity contribution in [2.75, 3.05) is 31.6 Å². The molecule has 0 bridgehead atoms. The lowest BCUT2D eigenvalue weighted by Crippen LogP contribution is -2.33. The molecule has 0 radical (unpaired) electrons. The molecule has 11 heteroatoms. The molecule has 0 amide bonds. The first-order valence-electron chi connectivity index (χ1n) is 13.8. The number of ether oxygens (including phenoxy) is 2. The van der Waals surface area contributed by atoms with Gasteiger partial charge in [-0.15, -0.1) is 0 Å². The third kappa shape index (κ3) is 7.94. The molecule has 3 aromatic heterocycles. The molecule has 8 nitrogen and oxygen atoms in total. The van der Waals surface area contributed by atoms with Crippen LogP contribution in [0.2, 0.25) is 51.4 Å². The lowest BCUT2D eigenvalue weighted by molar-refractivity contribution is 0.0941. The number of anilines is 1. The molecule has 0 aliphatic heterocycles. The maximum atomic E-state index is 13.9. The van der Waals surface area contributed by atoms with E-state index in [1.54, 1.807) is 29.9 Å². The molecule has 3 heterocycles. The molecule has 0 spiro atoms. The molecule has 1 atom stereocenters. The number of hydrogen-bond donors (Lipinski definition) is 1. The molecule has 0 aliphatic carbocycles. The largest absolute Gasteiger partial charge is 0.387 e. The normalized spacial score (nSPS) is 13.3. The lowest BCUT2D eigenvalue weighted by Gasteiger charge is -2.27. The summed E-state index contributed by atoms with van der Waals surface area (Å²) in [5, 5.41) is 15.9. The van der Waals surface area contributed by atoms with Gasteiger partial charge in [-0.3, -0.25) is 4.98 Å². The zero-order valence-electron chi connectivity index (χ0n) is 24.7. The van der Waals surface area contributed by atoms with Gasteiger partial charge < -0.3 is 19.5 Å². The van der Waals surface area contributed by atoms with Crippen molar-refractivity contribution in [2.24, 2.45) is 0 Å². The van der Waals surface area contributed by atoms with Crippen LogP contribution >= 0.6 is 0 Å². The van der Waals surface area contributed by atoms with Gasteiger partial charge in [0, 0.05) is 58.1 Å². The van der Waals surface area contributed by atoms with Gasteiger partial charge in [0.1, 0.15) is 25.1 Å². The Hall–Kier alpha value is -2.71. The van der Waals surface area contributed by atoms with Gasteiger partial charge >= 0.3 is 0 Å². The fourth-order valence-electron chi connectivity index (χ4n) is 4.13. The summed E-state index contributed by atoms with van der Waals surface area (Å²) in [6.07, 6.45) is 2.68. The molecule has 0 fully saturated rings. The van der Waals surface area contributed by atoms with Crippen molar-refractivity contribution in [1.82, 2.24) is 19.6 Å². The van der Waals surface area contributed by atoms with E-state index in [1.165, 1.54) is 12.1 Å². The van der Waals surface area contributed by atoms with Gasteiger partial charge in [0.2, 0.25) is 0 Å². The predicted molar refractivity (Wildman–Crippen MR) is 165 cm³/mol. The average molecular weight is 584 g/mol. The van der Waals surface area contributed by atoms with Crippen LogP contribution in [0.25, 0.3) is 27.7 Å². The quantitative estimate of drug-likeness (QED) is 0.108. The van der Waals surface area contributed by atoms with Gasteiger partial charge in [-0.05, 0) is 43.3 Å². The van der Waals surface area contributed by atoms with Crippen molar-refractivity contribution < 1.29 is 19.0 Å². The number of hydrogen-bond acceptors (Lipinski definition) is 7. The minimum Gasteiger partial charge on any atom is -0.387 e. The van der Waals surface area contributed by atoms with Crippen LogP contribution in [-0.4, -0.2) is 67.5 Å². The van der Waals surface area contributed by atoms with Crippen LogP contribution in [0.1, 0.15) is 18.7 Å². The fraction of sp³-hybridized carbons (Fsp3) is 0.483. The second-order valence-electron chi connectivity index (χ2n) is 12.8. The third-order valence-corrected chi connectivity index (χ3v) is 10.1. The number of aliphatic hydroxyl groups excluding tert-OH is 1. The molecule has 0 aliphatic rings. The number of pyridine rings is 1. The number of aliphatic hydroxyl groups is 1. The van der Waals surface area contributed by atoms with Gasteiger partial charge in [-0.25, -0.2) is 9.37 Å². The van der Waals surface area contributed by atoms with E-state index in [0.717, 1.165) is 23.2 Å². The second kappa shape index (κ2) is 12.4. The van der Waals surface area contributed by atoms with Crippen LogP contribution < -0.4 is 4.90 Å². The Bertz CT molecular complexity index is 1430. The number of aromatic nitrogens is 4. The van der Waals surface area contributed by atoms with Gasteiger partial charge in [-0.1, -0.05) is 39.3 Å². The molecule has 4 aromatic rings. The van der Waals surface area contributed by atoms with Crippen molar-refractivity contribution in [3.8, 4) is 11.1 Å². The molecular formula is C29H42FN5O3Si2. The molecule has 0 saturated carbocycles. The topological polar surface area (TPSA) is 85.0 Å². The third-order valence-electron chi connectivity index (χ3n) is 6.67. The summed E-state index contributed by atoms with van der Waals surface area (Å²) >= 11 is 0. The predicted octanol–water partition coefficient (Wildman–Crippen LogP) is 6.57. The number of halogens is 1. The van der Waals surface area contributed by atoms with Crippen molar-refractivity contribution in [3.63, 3.8) is 0 Å². The zero-order chi connectivity index (χ0) is 29.1. The number of fused-ring (bicyclic) bond motifs is 2. The maximum Gasteiger partial charge on any atom is 0.165 e. The van der Waals surface area contributed by atoms with E-state index >= 15 is 0 Å². The minimum atomic E-state index is -1.25. The van der Waals surface area contributed by atoms with Crippen molar-refractivity contribution in [2.45, 2.75) is 64.4 Å². The summed E-state index contributed by atoms with van der Waals surface area (Å²) in [5.74, 6) is 0.398. The zero-order valence-corrected chi connectivity index (χ0v) is 26.7. The highest BCUT2D eigenvalue weighted by atomic mass is 28.3. The van der Waals surface area contributed by atoms with E-state index in [0.29, 0.717) is 54.7 Å².